The highest BCUT2D eigenvalue weighted by Gasteiger charge is 2.15. The number of rotatable bonds is 6. The van der Waals surface area contributed by atoms with Crippen LogP contribution in [0.2, 0.25) is 5.02 Å². The largest absolute Gasteiger partial charge is 0.387 e. The van der Waals surface area contributed by atoms with Crippen molar-refractivity contribution in [1.29, 1.82) is 0 Å². The van der Waals surface area contributed by atoms with E-state index in [-0.39, 0.29) is 5.91 Å². The maximum atomic E-state index is 12.9. The number of nitrogens with one attached hydrogen (secondary N) is 2. The van der Waals surface area contributed by atoms with Crippen LogP contribution in [0, 0.1) is 6.92 Å². The second kappa shape index (κ2) is 10.2. The molecule has 2 aromatic carbocycles. The van der Waals surface area contributed by atoms with E-state index < -0.39 is 0 Å². The van der Waals surface area contributed by atoms with Crippen LogP contribution in [-0.4, -0.2) is 35.9 Å². The molecule has 0 radical (unpaired) electrons. The summed E-state index contributed by atoms with van der Waals surface area (Å²) >= 11 is 6.59. The molecule has 0 spiro atoms. The van der Waals surface area contributed by atoms with Crippen LogP contribution in [0.4, 0.5) is 11.4 Å². The van der Waals surface area contributed by atoms with Gasteiger partial charge < -0.3 is 10.6 Å². The maximum absolute atomic E-state index is 12.9. The summed E-state index contributed by atoms with van der Waals surface area (Å²) < 4.78 is 0. The van der Waals surface area contributed by atoms with Crippen LogP contribution in [0.5, 0.6) is 0 Å². The molecule has 0 aliphatic carbocycles. The van der Waals surface area contributed by atoms with Crippen molar-refractivity contribution < 1.29 is 4.79 Å². The third kappa shape index (κ3) is 4.95. The summed E-state index contributed by atoms with van der Waals surface area (Å²) in [6.45, 7) is 5.16. The fraction of sp³-hybridized carbons (Fsp3) is 0.308. The Morgan fingerprint density at radius 1 is 1.00 bits per heavy atom. The predicted molar refractivity (Wildman–Crippen MR) is 132 cm³/mol. The first kappa shape index (κ1) is 22.3. The number of halogens is 1. The number of carbonyl (C=O) groups is 1. The van der Waals surface area contributed by atoms with Gasteiger partial charge in [-0.25, -0.2) is 0 Å². The molecule has 0 unspecified atom stereocenters. The van der Waals surface area contributed by atoms with Gasteiger partial charge in [0.25, 0.3) is 5.91 Å². The second-order valence-corrected chi connectivity index (χ2v) is 8.62. The van der Waals surface area contributed by atoms with Gasteiger partial charge in [0.2, 0.25) is 0 Å². The number of aromatic nitrogens is 1. The first-order chi connectivity index (χ1) is 15.6. The summed E-state index contributed by atoms with van der Waals surface area (Å²) in [5, 5.41) is 6.79. The Balaban J connectivity index is 1.49. The van der Waals surface area contributed by atoms with Crippen molar-refractivity contribution >= 4 is 28.9 Å². The second-order valence-electron chi connectivity index (χ2n) is 8.24. The van der Waals surface area contributed by atoms with Crippen molar-refractivity contribution in [3.05, 3.63) is 76.6 Å². The monoisotopic (exact) mass is 448 g/mol. The normalized spacial score (nSPS) is 14.2. The van der Waals surface area contributed by atoms with E-state index in [1.54, 1.807) is 6.07 Å². The molecule has 2 heterocycles. The molecule has 1 aromatic heterocycles. The molecule has 1 aliphatic heterocycles. The number of piperidine rings is 1. The van der Waals surface area contributed by atoms with E-state index in [9.17, 15) is 4.79 Å². The standard InChI is InChI=1S/C26H29ClN4O/c1-18-20(21-9-7-11-23(28-2)25(21)27)8-6-10-22(18)30-26(32)24-13-12-19(16-29-24)17-31-14-4-3-5-15-31/h6-13,16,28H,3-5,14-15,17H2,1-2H3,(H,30,32). The van der Waals surface area contributed by atoms with Crippen molar-refractivity contribution in [2.24, 2.45) is 0 Å². The van der Waals surface area contributed by atoms with Gasteiger partial charge >= 0.3 is 0 Å². The summed E-state index contributed by atoms with van der Waals surface area (Å²) in [5.41, 5.74) is 6.03. The topological polar surface area (TPSA) is 57.3 Å². The Labute approximate surface area is 194 Å². The van der Waals surface area contributed by atoms with Crippen LogP contribution in [0.15, 0.2) is 54.7 Å². The molecule has 1 saturated heterocycles. The molecule has 0 saturated carbocycles. The predicted octanol–water partition coefficient (Wildman–Crippen LogP) is 5.99. The number of hydrogen-bond donors (Lipinski definition) is 2. The average molecular weight is 449 g/mol. The zero-order valence-electron chi connectivity index (χ0n) is 18.6. The quantitative estimate of drug-likeness (QED) is 0.486. The molecule has 1 fully saturated rings. The molecule has 0 bridgehead atoms. The summed E-state index contributed by atoms with van der Waals surface area (Å²) in [5.74, 6) is -0.218. The Kier molecular flexibility index (Phi) is 7.08. The van der Waals surface area contributed by atoms with Gasteiger partial charge in [0.15, 0.2) is 0 Å². The SMILES string of the molecule is CNc1cccc(-c2cccc(NC(=O)c3ccc(CN4CCCCC4)cn3)c2C)c1Cl. The highest BCUT2D eigenvalue weighted by atomic mass is 35.5. The van der Waals surface area contributed by atoms with Gasteiger partial charge in [0, 0.05) is 31.0 Å². The van der Waals surface area contributed by atoms with Gasteiger partial charge in [-0.05, 0) is 67.7 Å². The molecular formula is C26H29ClN4O. The van der Waals surface area contributed by atoms with Gasteiger partial charge in [-0.15, -0.1) is 0 Å². The lowest BCUT2D eigenvalue weighted by Gasteiger charge is -2.26. The van der Waals surface area contributed by atoms with Crippen LogP contribution in [0.25, 0.3) is 11.1 Å². The molecule has 5 nitrogen and oxygen atoms in total. The number of pyridine rings is 1. The van der Waals surface area contributed by atoms with Crippen molar-refractivity contribution in [2.75, 3.05) is 30.8 Å². The third-order valence-corrected chi connectivity index (χ3v) is 6.46. The van der Waals surface area contributed by atoms with Gasteiger partial charge in [-0.3, -0.25) is 14.7 Å². The van der Waals surface area contributed by atoms with Crippen LogP contribution in [-0.2, 0) is 6.54 Å². The number of benzene rings is 2. The third-order valence-electron chi connectivity index (χ3n) is 6.05. The zero-order valence-corrected chi connectivity index (χ0v) is 19.4. The number of likely N-dealkylation sites (tertiary alicyclic amines) is 1. The van der Waals surface area contributed by atoms with Gasteiger partial charge in [0.05, 0.1) is 10.7 Å². The van der Waals surface area contributed by atoms with Gasteiger partial charge in [-0.1, -0.05) is 48.4 Å². The molecule has 1 aliphatic rings. The Morgan fingerprint density at radius 3 is 2.41 bits per heavy atom. The molecular weight excluding hydrogens is 420 g/mol. The average Bonchev–Trinajstić information content (AvgIpc) is 2.82. The Morgan fingerprint density at radius 2 is 1.72 bits per heavy atom. The number of hydrogen-bond acceptors (Lipinski definition) is 4. The fourth-order valence-electron chi connectivity index (χ4n) is 4.21. The van der Waals surface area contributed by atoms with Crippen molar-refractivity contribution in [3.8, 4) is 11.1 Å². The lowest BCUT2D eigenvalue weighted by molar-refractivity contribution is 0.102. The number of carbonyl (C=O) groups excluding carboxylic acids is 1. The van der Waals surface area contributed by atoms with Crippen LogP contribution >= 0.6 is 11.6 Å². The zero-order chi connectivity index (χ0) is 22.5. The molecule has 2 N–H and O–H groups in total. The minimum Gasteiger partial charge on any atom is -0.387 e. The highest BCUT2D eigenvalue weighted by Crippen LogP contribution is 2.37. The van der Waals surface area contributed by atoms with E-state index in [1.807, 2.05) is 62.6 Å². The van der Waals surface area contributed by atoms with E-state index >= 15 is 0 Å². The lowest BCUT2D eigenvalue weighted by atomic mass is 9.98. The first-order valence-electron chi connectivity index (χ1n) is 11.1. The highest BCUT2D eigenvalue weighted by molar-refractivity contribution is 6.36. The summed E-state index contributed by atoms with van der Waals surface area (Å²) in [7, 11) is 1.85. The first-order valence-corrected chi connectivity index (χ1v) is 11.5. The lowest BCUT2D eigenvalue weighted by Crippen LogP contribution is -2.29. The molecule has 0 atom stereocenters. The molecule has 166 valence electrons. The Hall–Kier alpha value is -2.89. The van der Waals surface area contributed by atoms with Crippen LogP contribution in [0.1, 0.15) is 40.9 Å². The van der Waals surface area contributed by atoms with E-state index in [0.29, 0.717) is 10.7 Å². The molecule has 4 rings (SSSR count). The minimum atomic E-state index is -0.218. The van der Waals surface area contributed by atoms with E-state index in [1.165, 1.54) is 19.3 Å². The number of nitrogens with zero attached hydrogens (tertiary/aromatic N) is 2. The van der Waals surface area contributed by atoms with Crippen molar-refractivity contribution in [3.63, 3.8) is 0 Å². The maximum Gasteiger partial charge on any atom is 0.274 e. The van der Waals surface area contributed by atoms with Crippen LogP contribution in [0.3, 0.4) is 0 Å². The van der Waals surface area contributed by atoms with Gasteiger partial charge in [-0.2, -0.15) is 0 Å². The van der Waals surface area contributed by atoms with E-state index in [4.69, 9.17) is 11.6 Å². The van der Waals surface area contributed by atoms with Crippen molar-refractivity contribution in [2.45, 2.75) is 32.7 Å². The minimum absolute atomic E-state index is 0.218. The summed E-state index contributed by atoms with van der Waals surface area (Å²) in [4.78, 5) is 19.7. The van der Waals surface area contributed by atoms with E-state index in [2.05, 4.69) is 20.5 Å². The van der Waals surface area contributed by atoms with Crippen molar-refractivity contribution in [1.82, 2.24) is 9.88 Å². The molecule has 6 heteroatoms. The van der Waals surface area contributed by atoms with Crippen LogP contribution < -0.4 is 10.6 Å². The van der Waals surface area contributed by atoms with E-state index in [0.717, 1.165) is 53.3 Å². The molecule has 1 amide bonds. The summed E-state index contributed by atoms with van der Waals surface area (Å²) in [6, 6.07) is 15.5. The summed E-state index contributed by atoms with van der Waals surface area (Å²) in [6.07, 6.45) is 5.66. The van der Waals surface area contributed by atoms with Gasteiger partial charge in [0.1, 0.15) is 5.69 Å². The number of amides is 1. The molecule has 3 aromatic rings. The smallest absolute Gasteiger partial charge is 0.274 e. The number of anilines is 2. The molecule has 32 heavy (non-hydrogen) atoms. The fourth-order valence-corrected chi connectivity index (χ4v) is 4.53. The Bertz CT molecular complexity index is 1090.